The Morgan fingerprint density at radius 2 is 2.53 bits per heavy atom. The quantitative estimate of drug-likeness (QED) is 0.714. The third-order valence-corrected chi connectivity index (χ3v) is 4.12. The van der Waals surface area contributed by atoms with E-state index in [1.807, 2.05) is 22.2 Å². The molecule has 3 heterocycles. The Morgan fingerprint density at radius 3 is 3.26 bits per heavy atom. The fourth-order valence-corrected chi connectivity index (χ4v) is 2.98. The Bertz CT molecular complexity index is 551. The molecule has 0 spiro atoms. The lowest BCUT2D eigenvalue weighted by molar-refractivity contribution is -0.120. The van der Waals surface area contributed by atoms with Crippen LogP contribution < -0.4 is 10.6 Å². The van der Waals surface area contributed by atoms with Crippen molar-refractivity contribution >= 4 is 22.2 Å². The highest BCUT2D eigenvalue weighted by atomic mass is 32.1. The predicted molar refractivity (Wildman–Crippen MR) is 72.1 cm³/mol. The summed E-state index contributed by atoms with van der Waals surface area (Å²) in [4.78, 5) is 17.1. The van der Waals surface area contributed by atoms with Crippen LogP contribution in [-0.2, 0) is 11.2 Å². The largest absolute Gasteiger partial charge is 0.391 e. The summed E-state index contributed by atoms with van der Waals surface area (Å²) >= 11 is 1.55. The molecule has 1 fully saturated rings. The minimum Gasteiger partial charge on any atom is -0.391 e. The van der Waals surface area contributed by atoms with Gasteiger partial charge in [-0.2, -0.15) is 0 Å². The number of rotatable bonds is 4. The van der Waals surface area contributed by atoms with Gasteiger partial charge < -0.3 is 15.7 Å². The maximum absolute atomic E-state index is 11.8. The van der Waals surface area contributed by atoms with Crippen LogP contribution in [0.1, 0.15) is 5.69 Å². The number of hydrogen-bond donors (Lipinski definition) is 3. The van der Waals surface area contributed by atoms with Gasteiger partial charge in [-0.15, -0.1) is 11.3 Å². The second-order valence-electron chi connectivity index (χ2n) is 4.79. The van der Waals surface area contributed by atoms with Gasteiger partial charge in [-0.05, 0) is 0 Å². The lowest BCUT2D eigenvalue weighted by Crippen LogP contribution is -2.35. The lowest BCUT2D eigenvalue weighted by atomic mass is 10.1. The minimum absolute atomic E-state index is 0.0511. The Morgan fingerprint density at radius 1 is 1.63 bits per heavy atom. The number of imidazole rings is 1. The zero-order valence-corrected chi connectivity index (χ0v) is 11.2. The van der Waals surface area contributed by atoms with Crippen molar-refractivity contribution in [2.24, 2.45) is 5.92 Å². The van der Waals surface area contributed by atoms with Gasteiger partial charge >= 0.3 is 0 Å². The molecule has 19 heavy (non-hydrogen) atoms. The fraction of sp³-hybridized carbons (Fsp3) is 0.500. The summed E-state index contributed by atoms with van der Waals surface area (Å²) in [5.74, 6) is 0.0549. The molecule has 3 rings (SSSR count). The fourth-order valence-electron chi connectivity index (χ4n) is 2.26. The van der Waals surface area contributed by atoms with Crippen molar-refractivity contribution in [1.29, 1.82) is 0 Å². The molecule has 6 nitrogen and oxygen atoms in total. The highest BCUT2D eigenvalue weighted by Crippen LogP contribution is 2.12. The van der Waals surface area contributed by atoms with Crippen LogP contribution in [0, 0.1) is 5.92 Å². The van der Waals surface area contributed by atoms with Crippen molar-refractivity contribution in [1.82, 2.24) is 20.0 Å². The highest BCUT2D eigenvalue weighted by molar-refractivity contribution is 7.15. The van der Waals surface area contributed by atoms with E-state index >= 15 is 0 Å². The highest BCUT2D eigenvalue weighted by Gasteiger charge is 2.25. The van der Waals surface area contributed by atoms with E-state index in [4.69, 9.17) is 0 Å². The van der Waals surface area contributed by atoms with Gasteiger partial charge in [-0.25, -0.2) is 4.98 Å². The van der Waals surface area contributed by atoms with Crippen molar-refractivity contribution < 1.29 is 9.90 Å². The molecule has 2 aromatic heterocycles. The first-order chi connectivity index (χ1) is 9.22. The molecule has 102 valence electrons. The van der Waals surface area contributed by atoms with E-state index in [2.05, 4.69) is 15.6 Å². The zero-order valence-electron chi connectivity index (χ0n) is 10.4. The number of β-amino-alcohol motifs (C(OH)–C–C–N with tert-alkyl or cyclic N) is 1. The van der Waals surface area contributed by atoms with Crippen molar-refractivity contribution in [3.8, 4) is 0 Å². The van der Waals surface area contributed by atoms with E-state index in [1.54, 1.807) is 11.3 Å². The Hall–Kier alpha value is -1.44. The maximum Gasteiger partial charge on any atom is 0.226 e. The standard InChI is InChI=1S/C12H16N4O2S/c17-10-6-13-4-8(10)5-14-11(18)3-9-7-16-1-2-19-12(16)15-9/h1-2,7-8,10,13,17H,3-6H2,(H,14,18). The van der Waals surface area contributed by atoms with Crippen LogP contribution in [-0.4, -0.2) is 46.1 Å². The first-order valence-corrected chi connectivity index (χ1v) is 7.17. The van der Waals surface area contributed by atoms with Gasteiger partial charge in [0.05, 0.1) is 18.2 Å². The Balaban J connectivity index is 1.52. The number of aliphatic hydroxyl groups is 1. The van der Waals surface area contributed by atoms with Crippen molar-refractivity contribution in [3.63, 3.8) is 0 Å². The molecule has 2 atom stereocenters. The number of carbonyl (C=O) groups excluding carboxylic acids is 1. The van der Waals surface area contributed by atoms with Gasteiger partial charge in [0.15, 0.2) is 4.96 Å². The summed E-state index contributed by atoms with van der Waals surface area (Å²) in [5, 5.41) is 17.5. The van der Waals surface area contributed by atoms with Gasteiger partial charge in [-0.3, -0.25) is 9.20 Å². The average Bonchev–Trinajstić information content (AvgIpc) is 3.02. The third-order valence-electron chi connectivity index (χ3n) is 3.35. The summed E-state index contributed by atoms with van der Waals surface area (Å²) in [6.07, 6.45) is 3.72. The van der Waals surface area contributed by atoms with Crippen molar-refractivity contribution in [2.45, 2.75) is 12.5 Å². The number of carbonyl (C=O) groups is 1. The van der Waals surface area contributed by atoms with Crippen LogP contribution in [0.4, 0.5) is 0 Å². The topological polar surface area (TPSA) is 78.7 Å². The maximum atomic E-state index is 11.8. The van der Waals surface area contributed by atoms with Crippen molar-refractivity contribution in [2.75, 3.05) is 19.6 Å². The summed E-state index contributed by atoms with van der Waals surface area (Å²) in [6, 6.07) is 0. The van der Waals surface area contributed by atoms with Gasteiger partial charge in [0.25, 0.3) is 0 Å². The van der Waals surface area contributed by atoms with E-state index in [0.717, 1.165) is 17.2 Å². The first-order valence-electron chi connectivity index (χ1n) is 6.29. The molecule has 2 aromatic rings. The van der Waals surface area contributed by atoms with E-state index in [0.29, 0.717) is 13.1 Å². The third kappa shape index (κ3) is 2.78. The van der Waals surface area contributed by atoms with E-state index in [1.165, 1.54) is 0 Å². The molecule has 0 aromatic carbocycles. The average molecular weight is 280 g/mol. The van der Waals surface area contributed by atoms with Crippen LogP contribution in [0.3, 0.4) is 0 Å². The second-order valence-corrected chi connectivity index (χ2v) is 5.66. The van der Waals surface area contributed by atoms with Crippen LogP contribution in [0.15, 0.2) is 17.8 Å². The molecule has 1 aliphatic rings. The van der Waals surface area contributed by atoms with Crippen LogP contribution >= 0.6 is 11.3 Å². The number of nitrogens with one attached hydrogen (secondary N) is 2. The molecule has 2 unspecified atom stereocenters. The lowest BCUT2D eigenvalue weighted by Gasteiger charge is -2.13. The summed E-state index contributed by atoms with van der Waals surface area (Å²) < 4.78 is 1.91. The number of aliphatic hydroxyl groups excluding tert-OH is 1. The summed E-state index contributed by atoms with van der Waals surface area (Å²) in [6.45, 7) is 1.87. The summed E-state index contributed by atoms with van der Waals surface area (Å²) in [7, 11) is 0. The van der Waals surface area contributed by atoms with Crippen molar-refractivity contribution in [3.05, 3.63) is 23.5 Å². The number of hydrogen-bond acceptors (Lipinski definition) is 5. The monoisotopic (exact) mass is 280 g/mol. The van der Waals surface area contributed by atoms with E-state index in [9.17, 15) is 9.90 Å². The van der Waals surface area contributed by atoms with Gasteiger partial charge in [0.1, 0.15) is 0 Å². The molecule has 1 amide bonds. The molecule has 1 saturated heterocycles. The smallest absolute Gasteiger partial charge is 0.226 e. The second kappa shape index (κ2) is 5.28. The molecule has 0 aliphatic carbocycles. The first kappa shape index (κ1) is 12.6. The Labute approximate surface area is 114 Å². The molecule has 0 radical (unpaired) electrons. The number of nitrogens with zero attached hydrogens (tertiary/aromatic N) is 2. The van der Waals surface area contributed by atoms with E-state index in [-0.39, 0.29) is 24.3 Å². The van der Waals surface area contributed by atoms with E-state index < -0.39 is 0 Å². The number of thiazole rings is 1. The zero-order chi connectivity index (χ0) is 13.2. The molecule has 1 aliphatic heterocycles. The molecule has 0 bridgehead atoms. The van der Waals surface area contributed by atoms with Gasteiger partial charge in [-0.1, -0.05) is 0 Å². The van der Waals surface area contributed by atoms with Gasteiger partial charge in [0, 0.05) is 43.3 Å². The number of amides is 1. The molecular formula is C12H16N4O2S. The molecule has 3 N–H and O–H groups in total. The van der Waals surface area contributed by atoms with Crippen LogP contribution in [0.5, 0.6) is 0 Å². The number of fused-ring (bicyclic) bond motifs is 1. The predicted octanol–water partition coefficient (Wildman–Crippen LogP) is -0.365. The normalized spacial score (nSPS) is 23.0. The minimum atomic E-state index is -0.363. The molecule has 7 heteroatoms. The van der Waals surface area contributed by atoms with Crippen LogP contribution in [0.25, 0.3) is 4.96 Å². The van der Waals surface area contributed by atoms with Crippen LogP contribution in [0.2, 0.25) is 0 Å². The molecule has 0 saturated carbocycles. The van der Waals surface area contributed by atoms with Gasteiger partial charge in [0.2, 0.25) is 5.91 Å². The molecular weight excluding hydrogens is 264 g/mol. The number of aromatic nitrogens is 2. The summed E-state index contributed by atoms with van der Waals surface area (Å²) in [5.41, 5.74) is 0.773. The Kier molecular flexibility index (Phi) is 3.50. The SMILES string of the molecule is O=C(Cc1cn2ccsc2n1)NCC1CNCC1O.